The second-order valence-corrected chi connectivity index (χ2v) is 4.45. The lowest BCUT2D eigenvalue weighted by atomic mass is 10.2. The molecule has 0 fully saturated rings. The fourth-order valence-corrected chi connectivity index (χ4v) is 1.62. The Morgan fingerprint density at radius 2 is 1.87 bits per heavy atom. The molecule has 0 aliphatic carbocycles. The highest BCUT2D eigenvalue weighted by Gasteiger charge is 2.13. The van der Waals surface area contributed by atoms with Crippen molar-refractivity contribution in [2.24, 2.45) is 0 Å². The van der Waals surface area contributed by atoms with E-state index in [4.69, 9.17) is 9.47 Å². The van der Waals surface area contributed by atoms with Crippen LogP contribution >= 0.6 is 0 Å². The fourth-order valence-electron chi connectivity index (χ4n) is 1.62. The zero-order chi connectivity index (χ0) is 17.2. The van der Waals surface area contributed by atoms with Crippen molar-refractivity contribution in [1.82, 2.24) is 10.6 Å². The summed E-state index contributed by atoms with van der Waals surface area (Å²) >= 11 is 0. The maximum absolute atomic E-state index is 11.6. The van der Waals surface area contributed by atoms with E-state index >= 15 is 0 Å². The summed E-state index contributed by atoms with van der Waals surface area (Å²) in [7, 11) is 2.68. The lowest BCUT2D eigenvalue weighted by Gasteiger charge is -2.11. The number of amides is 3. The average Bonchev–Trinajstić information content (AvgIpc) is 2.57. The quantitative estimate of drug-likeness (QED) is 0.728. The Labute approximate surface area is 134 Å². The number of hydrogen-bond acceptors (Lipinski definition) is 6. The van der Waals surface area contributed by atoms with E-state index < -0.39 is 17.9 Å². The Bertz CT molecular complexity index is 573. The Balaban J connectivity index is 2.61. The number of benzene rings is 1. The summed E-state index contributed by atoms with van der Waals surface area (Å²) < 4.78 is 15.0. The number of urea groups is 1. The van der Waals surface area contributed by atoms with Crippen molar-refractivity contribution in [2.75, 3.05) is 27.4 Å². The summed E-state index contributed by atoms with van der Waals surface area (Å²) in [5.74, 6) is -0.571. The summed E-state index contributed by atoms with van der Waals surface area (Å²) in [5, 5.41) is 4.64. The highest BCUT2D eigenvalue weighted by atomic mass is 16.5. The molecule has 0 aliphatic heterocycles. The Morgan fingerprint density at radius 1 is 1.13 bits per heavy atom. The van der Waals surface area contributed by atoms with Crippen molar-refractivity contribution in [3.05, 3.63) is 23.8 Å². The number of carbonyl (C=O) groups is 3. The van der Waals surface area contributed by atoms with Crippen molar-refractivity contribution < 1.29 is 28.6 Å². The monoisotopic (exact) mass is 324 g/mol. The lowest BCUT2D eigenvalue weighted by molar-refractivity contribution is -0.122. The van der Waals surface area contributed by atoms with Crippen molar-refractivity contribution in [2.45, 2.75) is 13.3 Å². The zero-order valence-corrected chi connectivity index (χ0v) is 13.3. The molecule has 0 heterocycles. The minimum atomic E-state index is -0.599. The minimum absolute atomic E-state index is 0.268. The number of imide groups is 1. The maximum Gasteiger partial charge on any atom is 0.337 e. The van der Waals surface area contributed by atoms with Crippen molar-refractivity contribution in [3.8, 4) is 11.5 Å². The molecule has 0 spiro atoms. The molecule has 8 heteroatoms. The van der Waals surface area contributed by atoms with Crippen LogP contribution in [0, 0.1) is 0 Å². The van der Waals surface area contributed by atoms with Gasteiger partial charge in [0.05, 0.1) is 19.8 Å². The minimum Gasteiger partial charge on any atom is -0.493 e. The second kappa shape index (κ2) is 9.29. The molecule has 0 radical (unpaired) electrons. The first-order valence-corrected chi connectivity index (χ1v) is 6.98. The Hall–Kier alpha value is -2.77. The van der Waals surface area contributed by atoms with E-state index in [-0.39, 0.29) is 18.1 Å². The number of ether oxygens (including phenoxy) is 3. The van der Waals surface area contributed by atoms with Crippen molar-refractivity contribution in [3.63, 3.8) is 0 Å². The second-order valence-electron chi connectivity index (χ2n) is 4.45. The third-order valence-corrected chi connectivity index (χ3v) is 2.73. The molecule has 8 nitrogen and oxygen atoms in total. The van der Waals surface area contributed by atoms with E-state index in [0.29, 0.717) is 12.1 Å². The predicted octanol–water partition coefficient (Wildman–Crippen LogP) is 1.10. The lowest BCUT2D eigenvalue weighted by Crippen LogP contribution is -2.41. The van der Waals surface area contributed by atoms with Gasteiger partial charge >= 0.3 is 12.0 Å². The first-order chi connectivity index (χ1) is 11.0. The number of rotatable bonds is 7. The van der Waals surface area contributed by atoms with Gasteiger partial charge in [-0.1, -0.05) is 6.92 Å². The van der Waals surface area contributed by atoms with E-state index in [1.165, 1.54) is 32.4 Å². The van der Waals surface area contributed by atoms with E-state index in [1.54, 1.807) is 0 Å². The van der Waals surface area contributed by atoms with Crippen LogP contribution in [0.4, 0.5) is 4.79 Å². The highest BCUT2D eigenvalue weighted by Crippen LogP contribution is 2.28. The molecule has 2 N–H and O–H groups in total. The number of hydrogen-bond donors (Lipinski definition) is 2. The molecule has 23 heavy (non-hydrogen) atoms. The zero-order valence-electron chi connectivity index (χ0n) is 13.3. The first-order valence-electron chi connectivity index (χ1n) is 6.98. The van der Waals surface area contributed by atoms with Gasteiger partial charge in [-0.15, -0.1) is 0 Å². The van der Waals surface area contributed by atoms with Crippen LogP contribution in [0.15, 0.2) is 18.2 Å². The van der Waals surface area contributed by atoms with Gasteiger partial charge in [0.2, 0.25) is 0 Å². The molecule has 0 saturated carbocycles. The largest absolute Gasteiger partial charge is 0.493 e. The molecule has 1 aromatic rings. The third-order valence-electron chi connectivity index (χ3n) is 2.73. The molecule has 0 saturated heterocycles. The molecular formula is C15H20N2O6. The van der Waals surface area contributed by atoms with Crippen LogP contribution in [-0.2, 0) is 9.53 Å². The summed E-state index contributed by atoms with van der Waals surface area (Å²) in [5.41, 5.74) is 0.292. The van der Waals surface area contributed by atoms with Gasteiger partial charge in [-0.2, -0.15) is 0 Å². The summed E-state index contributed by atoms with van der Waals surface area (Å²) in [4.78, 5) is 34.4. The van der Waals surface area contributed by atoms with Gasteiger partial charge in [0.1, 0.15) is 0 Å². The molecule has 1 rings (SSSR count). The molecule has 3 amide bonds. The smallest absolute Gasteiger partial charge is 0.337 e. The highest BCUT2D eigenvalue weighted by molar-refractivity contribution is 5.95. The maximum atomic E-state index is 11.6. The molecule has 0 bridgehead atoms. The van der Waals surface area contributed by atoms with E-state index in [1.807, 2.05) is 6.92 Å². The van der Waals surface area contributed by atoms with Gasteiger partial charge in [-0.25, -0.2) is 9.59 Å². The van der Waals surface area contributed by atoms with Crippen molar-refractivity contribution >= 4 is 17.9 Å². The molecular weight excluding hydrogens is 304 g/mol. The molecule has 0 unspecified atom stereocenters. The first kappa shape index (κ1) is 18.3. The topological polar surface area (TPSA) is 103 Å². The van der Waals surface area contributed by atoms with Crippen molar-refractivity contribution in [1.29, 1.82) is 0 Å². The normalized spacial score (nSPS) is 9.70. The van der Waals surface area contributed by atoms with Crippen LogP contribution in [0.25, 0.3) is 0 Å². The number of carbonyl (C=O) groups excluding carboxylic acids is 3. The third kappa shape index (κ3) is 5.85. The summed E-state index contributed by atoms with van der Waals surface area (Å²) in [6.45, 7) is 2.01. The van der Waals surface area contributed by atoms with Gasteiger partial charge in [-0.05, 0) is 24.6 Å². The van der Waals surface area contributed by atoms with Gasteiger partial charge < -0.3 is 19.5 Å². The van der Waals surface area contributed by atoms with Crippen LogP contribution in [0.1, 0.15) is 23.7 Å². The molecule has 126 valence electrons. The van der Waals surface area contributed by atoms with Gasteiger partial charge in [0, 0.05) is 6.54 Å². The van der Waals surface area contributed by atoms with Gasteiger partial charge in [-0.3, -0.25) is 10.1 Å². The van der Waals surface area contributed by atoms with E-state index in [0.717, 1.165) is 6.42 Å². The SMILES string of the molecule is CCCNC(=O)NC(=O)COc1ccc(C(=O)OC)cc1OC. The molecule has 0 aromatic heterocycles. The fraction of sp³-hybridized carbons (Fsp3) is 0.400. The standard InChI is InChI=1S/C15H20N2O6/c1-4-7-16-15(20)17-13(18)9-23-11-6-5-10(14(19)22-3)8-12(11)21-2/h5-6,8H,4,7,9H2,1-3H3,(H2,16,17,18,20). The molecule has 0 aliphatic rings. The van der Waals surface area contributed by atoms with Crippen LogP contribution in [-0.4, -0.2) is 45.3 Å². The van der Waals surface area contributed by atoms with Crippen LogP contribution in [0.2, 0.25) is 0 Å². The Kier molecular flexibility index (Phi) is 7.38. The summed E-state index contributed by atoms with van der Waals surface area (Å²) in [6, 6.07) is 3.83. The number of esters is 1. The average molecular weight is 324 g/mol. The van der Waals surface area contributed by atoms with E-state index in [9.17, 15) is 14.4 Å². The molecule has 0 atom stereocenters. The van der Waals surface area contributed by atoms with Crippen LogP contribution in [0.3, 0.4) is 0 Å². The van der Waals surface area contributed by atoms with E-state index in [2.05, 4.69) is 15.4 Å². The predicted molar refractivity (Wildman–Crippen MR) is 81.7 cm³/mol. The summed E-state index contributed by atoms with van der Waals surface area (Å²) in [6.07, 6.45) is 0.766. The van der Waals surface area contributed by atoms with Gasteiger partial charge in [0.25, 0.3) is 5.91 Å². The van der Waals surface area contributed by atoms with Crippen LogP contribution < -0.4 is 20.1 Å². The van der Waals surface area contributed by atoms with Gasteiger partial charge in [0.15, 0.2) is 18.1 Å². The Morgan fingerprint density at radius 3 is 2.48 bits per heavy atom. The number of nitrogens with one attached hydrogen (secondary N) is 2. The molecule has 1 aromatic carbocycles. The van der Waals surface area contributed by atoms with Crippen LogP contribution in [0.5, 0.6) is 11.5 Å². The number of methoxy groups -OCH3 is 2.